The zero-order valence-electron chi connectivity index (χ0n) is 15.0. The maximum absolute atomic E-state index is 12.1. The van der Waals surface area contributed by atoms with E-state index >= 15 is 0 Å². The second-order valence-corrected chi connectivity index (χ2v) is 7.96. The molecule has 26 heavy (non-hydrogen) atoms. The number of amides is 1. The monoisotopic (exact) mass is 391 g/mol. The van der Waals surface area contributed by atoms with Crippen molar-refractivity contribution in [1.29, 1.82) is 0 Å². The van der Waals surface area contributed by atoms with Crippen LogP contribution in [-0.4, -0.2) is 11.4 Å². The number of carbonyl (C=O) groups is 1. The summed E-state index contributed by atoms with van der Waals surface area (Å²) in [6.45, 7) is 3.95. The first kappa shape index (κ1) is 19.2. The summed E-state index contributed by atoms with van der Waals surface area (Å²) in [6.07, 6.45) is 1.59. The van der Waals surface area contributed by atoms with Gasteiger partial charge in [0.15, 0.2) is 0 Å². The van der Waals surface area contributed by atoms with Crippen LogP contribution in [0.4, 0.5) is 0 Å². The van der Waals surface area contributed by atoms with E-state index in [1.807, 2.05) is 55.5 Å². The van der Waals surface area contributed by atoms with Gasteiger partial charge < -0.3 is 10.1 Å². The van der Waals surface area contributed by atoms with Crippen molar-refractivity contribution in [3.8, 4) is 0 Å². The maximum atomic E-state index is 12.1. The van der Waals surface area contributed by atoms with Crippen LogP contribution in [0.25, 0.3) is 0 Å². The molecule has 1 aliphatic rings. The molecule has 1 amide bonds. The van der Waals surface area contributed by atoms with Crippen LogP contribution >= 0.6 is 23.2 Å². The summed E-state index contributed by atoms with van der Waals surface area (Å²) < 4.78 is 6.41. The highest BCUT2D eigenvalue weighted by Crippen LogP contribution is 2.44. The fourth-order valence-corrected chi connectivity index (χ4v) is 3.83. The van der Waals surface area contributed by atoms with Crippen LogP contribution < -0.4 is 5.32 Å². The summed E-state index contributed by atoms with van der Waals surface area (Å²) in [4.78, 5) is 12.1. The van der Waals surface area contributed by atoms with Gasteiger partial charge in [-0.25, -0.2) is 0 Å². The average molecular weight is 392 g/mol. The molecule has 1 aliphatic heterocycles. The number of hydrogen-bond donors (Lipinski definition) is 1. The highest BCUT2D eigenvalue weighted by Gasteiger charge is 2.40. The number of carbonyl (C=O) groups excluding carboxylic acids is 1. The van der Waals surface area contributed by atoms with Crippen molar-refractivity contribution < 1.29 is 9.53 Å². The van der Waals surface area contributed by atoms with Gasteiger partial charge in [0.05, 0.1) is 12.2 Å². The molecule has 0 bridgehead atoms. The zero-order chi connectivity index (χ0) is 18.7. The Morgan fingerprint density at radius 2 is 1.73 bits per heavy atom. The molecule has 0 aromatic heterocycles. The molecule has 0 unspecified atom stereocenters. The van der Waals surface area contributed by atoms with E-state index in [9.17, 15) is 4.79 Å². The van der Waals surface area contributed by atoms with E-state index in [1.54, 1.807) is 0 Å². The molecule has 5 heteroatoms. The molecule has 1 heterocycles. The Hall–Kier alpha value is -1.55. The fourth-order valence-electron chi connectivity index (χ4n) is 3.50. The van der Waals surface area contributed by atoms with Crippen LogP contribution in [0.1, 0.15) is 56.4 Å². The molecule has 3 atom stereocenters. The van der Waals surface area contributed by atoms with Crippen LogP contribution in [0.3, 0.4) is 0 Å². The summed E-state index contributed by atoms with van der Waals surface area (Å²) >= 11 is 12.2. The Kier molecular flexibility index (Phi) is 5.91. The predicted octanol–water partition coefficient (Wildman–Crippen LogP) is 5.87. The molecule has 3 rings (SSSR count). The lowest BCUT2D eigenvalue weighted by Crippen LogP contribution is -2.50. The molecule has 3 nitrogen and oxygen atoms in total. The quantitative estimate of drug-likeness (QED) is 0.707. The summed E-state index contributed by atoms with van der Waals surface area (Å²) in [5.41, 5.74) is 1.72. The van der Waals surface area contributed by atoms with Crippen LogP contribution in [0.2, 0.25) is 10.0 Å². The number of ether oxygens (including phenoxy) is 1. The van der Waals surface area contributed by atoms with Crippen molar-refractivity contribution in [2.45, 2.75) is 50.9 Å². The molecular formula is C21H23Cl2NO2. The van der Waals surface area contributed by atoms with Gasteiger partial charge in [-0.3, -0.25) is 4.79 Å². The molecule has 0 spiro atoms. The Balaban J connectivity index is 1.92. The number of nitrogens with one attached hydrogen (secondary N) is 1. The standard InChI is InChI=1S/C21H23Cl2NO2/c1-3-20(25)24-21(2)12-18(14-7-9-16(22)10-8-14)26-19(13-21)15-5-4-6-17(23)11-15/h4-11,18-19H,3,12-13H2,1-2H3,(H,24,25)/t18-,19+,21-/m0/s1. The van der Waals surface area contributed by atoms with Crippen molar-refractivity contribution in [2.24, 2.45) is 0 Å². The lowest BCUT2D eigenvalue weighted by atomic mass is 9.81. The van der Waals surface area contributed by atoms with Gasteiger partial charge in [-0.1, -0.05) is 54.4 Å². The van der Waals surface area contributed by atoms with Crippen molar-refractivity contribution in [3.05, 3.63) is 69.7 Å². The van der Waals surface area contributed by atoms with Gasteiger partial charge in [0.2, 0.25) is 5.91 Å². The summed E-state index contributed by atoms with van der Waals surface area (Å²) in [5, 5.41) is 4.56. The van der Waals surface area contributed by atoms with Crippen molar-refractivity contribution in [2.75, 3.05) is 0 Å². The maximum Gasteiger partial charge on any atom is 0.220 e. The SMILES string of the molecule is CCC(=O)N[C@@]1(C)C[C@@H](c2ccc(Cl)cc2)O[C@@H](c2cccc(Cl)c2)C1. The molecule has 2 aromatic carbocycles. The molecule has 1 fully saturated rings. The number of halogens is 2. The van der Waals surface area contributed by atoms with E-state index in [0.29, 0.717) is 29.3 Å². The highest BCUT2D eigenvalue weighted by molar-refractivity contribution is 6.30. The summed E-state index contributed by atoms with van der Waals surface area (Å²) in [7, 11) is 0. The first-order valence-electron chi connectivity index (χ1n) is 8.86. The van der Waals surface area contributed by atoms with Crippen LogP contribution in [-0.2, 0) is 9.53 Å². The smallest absolute Gasteiger partial charge is 0.220 e. The topological polar surface area (TPSA) is 38.3 Å². The van der Waals surface area contributed by atoms with Gasteiger partial charge in [0.25, 0.3) is 0 Å². The summed E-state index contributed by atoms with van der Waals surface area (Å²) in [5.74, 6) is 0.0501. The Labute approximate surface area is 164 Å². The third-order valence-corrected chi connectivity index (χ3v) is 5.31. The number of hydrogen-bond acceptors (Lipinski definition) is 2. The first-order valence-corrected chi connectivity index (χ1v) is 9.61. The fraction of sp³-hybridized carbons (Fsp3) is 0.381. The average Bonchev–Trinajstić information content (AvgIpc) is 2.61. The molecule has 0 aliphatic carbocycles. The van der Waals surface area contributed by atoms with Gasteiger partial charge in [-0.2, -0.15) is 0 Å². The minimum atomic E-state index is -0.359. The molecule has 2 aromatic rings. The molecule has 0 radical (unpaired) electrons. The van der Waals surface area contributed by atoms with Crippen LogP contribution in [0, 0.1) is 0 Å². The predicted molar refractivity (Wildman–Crippen MR) is 106 cm³/mol. The molecule has 0 saturated carbocycles. The molecule has 138 valence electrons. The third kappa shape index (κ3) is 4.59. The largest absolute Gasteiger partial charge is 0.365 e. The van der Waals surface area contributed by atoms with Crippen molar-refractivity contribution >= 4 is 29.1 Å². The van der Waals surface area contributed by atoms with Crippen molar-refractivity contribution in [3.63, 3.8) is 0 Å². The van der Waals surface area contributed by atoms with E-state index in [1.165, 1.54) is 0 Å². The summed E-state index contributed by atoms with van der Waals surface area (Å²) in [6, 6.07) is 15.4. The van der Waals surface area contributed by atoms with Gasteiger partial charge >= 0.3 is 0 Å². The Bertz CT molecular complexity index is 778. The first-order chi connectivity index (χ1) is 12.4. The van der Waals surface area contributed by atoms with Gasteiger partial charge in [-0.05, 0) is 42.3 Å². The second-order valence-electron chi connectivity index (χ2n) is 7.09. The van der Waals surface area contributed by atoms with E-state index in [-0.39, 0.29) is 23.7 Å². The lowest BCUT2D eigenvalue weighted by Gasteiger charge is -2.43. The number of benzene rings is 2. The normalized spacial score (nSPS) is 25.7. The van der Waals surface area contributed by atoms with E-state index in [2.05, 4.69) is 12.2 Å². The number of rotatable bonds is 4. The van der Waals surface area contributed by atoms with Crippen LogP contribution in [0.15, 0.2) is 48.5 Å². The zero-order valence-corrected chi connectivity index (χ0v) is 16.5. The van der Waals surface area contributed by atoms with Gasteiger partial charge in [0.1, 0.15) is 0 Å². The molecule has 1 N–H and O–H groups in total. The Morgan fingerprint density at radius 3 is 2.35 bits per heavy atom. The molecule has 1 saturated heterocycles. The Morgan fingerprint density at radius 1 is 1.08 bits per heavy atom. The van der Waals surface area contributed by atoms with Crippen molar-refractivity contribution in [1.82, 2.24) is 5.32 Å². The van der Waals surface area contributed by atoms with E-state index < -0.39 is 0 Å². The second kappa shape index (κ2) is 7.99. The minimum absolute atomic E-state index is 0.0501. The molecular weight excluding hydrogens is 369 g/mol. The third-order valence-electron chi connectivity index (χ3n) is 4.82. The van der Waals surface area contributed by atoms with E-state index in [4.69, 9.17) is 27.9 Å². The van der Waals surface area contributed by atoms with Gasteiger partial charge in [-0.15, -0.1) is 0 Å². The van der Waals surface area contributed by atoms with Crippen LogP contribution in [0.5, 0.6) is 0 Å². The highest BCUT2D eigenvalue weighted by atomic mass is 35.5. The minimum Gasteiger partial charge on any atom is -0.365 e. The lowest BCUT2D eigenvalue weighted by molar-refractivity contribution is -0.128. The van der Waals surface area contributed by atoms with E-state index in [0.717, 1.165) is 11.1 Å². The van der Waals surface area contributed by atoms with Gasteiger partial charge in [0, 0.05) is 34.8 Å².